The van der Waals surface area contributed by atoms with E-state index in [2.05, 4.69) is 15.8 Å². The van der Waals surface area contributed by atoms with Gasteiger partial charge in [0.05, 0.1) is 11.3 Å². The molecular weight excluding hydrogens is 343 g/mol. The lowest BCUT2D eigenvalue weighted by atomic mass is 10.1. The van der Waals surface area contributed by atoms with E-state index in [1.807, 2.05) is 0 Å². The number of nitrogens with zero attached hydrogens (tertiary/aromatic N) is 1. The second kappa shape index (κ2) is 7.32. The van der Waals surface area contributed by atoms with E-state index in [1.54, 1.807) is 0 Å². The van der Waals surface area contributed by atoms with Crippen molar-refractivity contribution in [3.05, 3.63) is 29.8 Å². The van der Waals surface area contributed by atoms with Crippen LogP contribution in [0.1, 0.15) is 25.3 Å². The number of para-hydroxylation sites is 1. The summed E-state index contributed by atoms with van der Waals surface area (Å²) in [4.78, 5) is 34.8. The van der Waals surface area contributed by atoms with Gasteiger partial charge in [-0.25, -0.2) is 10.2 Å². The average molecular weight is 357 g/mol. The number of rotatable bonds is 4. The van der Waals surface area contributed by atoms with E-state index in [9.17, 15) is 27.6 Å². The maximum Gasteiger partial charge on any atom is 0.418 e. The Morgan fingerprint density at radius 2 is 1.96 bits per heavy atom. The second-order valence-electron chi connectivity index (χ2n) is 5.17. The zero-order valence-corrected chi connectivity index (χ0v) is 13.0. The number of anilines is 1. The predicted octanol–water partition coefficient (Wildman–Crippen LogP) is 1.84. The Kier molecular flexibility index (Phi) is 5.40. The highest BCUT2D eigenvalue weighted by molar-refractivity contribution is 6.37. The fourth-order valence-electron chi connectivity index (χ4n) is 1.98. The number of benzene rings is 1. The van der Waals surface area contributed by atoms with Crippen LogP contribution in [-0.4, -0.2) is 29.6 Å². The van der Waals surface area contributed by atoms with Gasteiger partial charge in [-0.15, -0.1) is 0 Å². The Balaban J connectivity index is 2.02. The van der Waals surface area contributed by atoms with Crippen molar-refractivity contribution in [2.45, 2.75) is 32.0 Å². The topological polar surface area (TPSA) is 96.9 Å². The van der Waals surface area contributed by atoms with E-state index >= 15 is 0 Å². The van der Waals surface area contributed by atoms with Crippen molar-refractivity contribution in [3.63, 3.8) is 0 Å². The summed E-state index contributed by atoms with van der Waals surface area (Å²) in [5.74, 6) is -2.21. The van der Waals surface area contributed by atoms with Crippen LogP contribution >= 0.6 is 0 Å². The fourth-order valence-corrected chi connectivity index (χ4v) is 1.98. The highest BCUT2D eigenvalue weighted by Crippen LogP contribution is 2.34. The molecule has 0 aromatic heterocycles. The van der Waals surface area contributed by atoms with Crippen molar-refractivity contribution in [1.82, 2.24) is 5.43 Å². The number of carbonyl (C=O) groups excluding carboxylic acids is 3. The van der Waals surface area contributed by atoms with Crippen molar-refractivity contribution in [2.24, 2.45) is 5.10 Å². The van der Waals surface area contributed by atoms with Gasteiger partial charge in [-0.3, -0.25) is 9.59 Å². The molecule has 1 aromatic carbocycles. The molecule has 0 spiro atoms. The van der Waals surface area contributed by atoms with Crippen LogP contribution < -0.4 is 10.7 Å². The van der Waals surface area contributed by atoms with Gasteiger partial charge in [-0.1, -0.05) is 12.1 Å². The number of amides is 2. The van der Waals surface area contributed by atoms with E-state index in [0.29, 0.717) is 0 Å². The fraction of sp³-hybridized carbons (Fsp3) is 0.333. The predicted molar refractivity (Wildman–Crippen MR) is 80.4 cm³/mol. The Bertz CT molecular complexity index is 731. The summed E-state index contributed by atoms with van der Waals surface area (Å²) in [5.41, 5.74) is 0.576. The van der Waals surface area contributed by atoms with Gasteiger partial charge in [0, 0.05) is 12.8 Å². The number of carbonyl (C=O) groups is 3. The molecule has 1 aromatic rings. The normalized spacial score (nSPS) is 15.7. The Morgan fingerprint density at radius 1 is 1.28 bits per heavy atom. The lowest BCUT2D eigenvalue weighted by Crippen LogP contribution is -2.36. The molecule has 0 fully saturated rings. The minimum absolute atomic E-state index is 0.0491. The van der Waals surface area contributed by atoms with Crippen LogP contribution in [0.15, 0.2) is 29.4 Å². The smallest absolute Gasteiger partial charge is 0.418 e. The summed E-state index contributed by atoms with van der Waals surface area (Å²) in [7, 11) is 0. The standard InChI is InChI=1S/C15H14F3N3O4/c1-8(25-14(24)11-6-7-12(22)21-20-11)13(23)19-10-5-3-2-4-9(10)15(16,17)18/h2-5,8H,6-7H2,1H3,(H,19,23)(H,21,22)/t8-/m0/s1. The molecule has 1 aliphatic rings. The zero-order chi connectivity index (χ0) is 18.6. The lowest BCUT2D eigenvalue weighted by Gasteiger charge is -2.17. The van der Waals surface area contributed by atoms with E-state index in [-0.39, 0.29) is 24.5 Å². The summed E-state index contributed by atoms with van der Waals surface area (Å²) in [5, 5.41) is 5.60. The van der Waals surface area contributed by atoms with Gasteiger partial charge >= 0.3 is 12.1 Å². The molecule has 0 unspecified atom stereocenters. The van der Waals surface area contributed by atoms with Gasteiger partial charge in [0.15, 0.2) is 6.10 Å². The van der Waals surface area contributed by atoms with Gasteiger partial charge in [0.25, 0.3) is 5.91 Å². The van der Waals surface area contributed by atoms with E-state index < -0.39 is 35.4 Å². The first-order valence-electron chi connectivity index (χ1n) is 7.22. The zero-order valence-electron chi connectivity index (χ0n) is 13.0. The first-order valence-corrected chi connectivity index (χ1v) is 7.22. The summed E-state index contributed by atoms with van der Waals surface area (Å²) in [6.45, 7) is 1.21. The third kappa shape index (κ3) is 4.78. The molecule has 2 N–H and O–H groups in total. The molecule has 7 nitrogen and oxygen atoms in total. The van der Waals surface area contributed by atoms with E-state index in [4.69, 9.17) is 4.74 Å². The molecule has 10 heteroatoms. The number of hydrazone groups is 1. The van der Waals surface area contributed by atoms with E-state index in [0.717, 1.165) is 12.1 Å². The van der Waals surface area contributed by atoms with Gasteiger partial charge in [0.2, 0.25) is 5.91 Å². The van der Waals surface area contributed by atoms with Crippen molar-refractivity contribution >= 4 is 29.2 Å². The molecule has 1 atom stereocenters. The number of halogens is 3. The SMILES string of the molecule is C[C@H](OC(=O)C1=NNC(=O)CC1)C(=O)Nc1ccccc1C(F)(F)F. The van der Waals surface area contributed by atoms with Gasteiger partial charge in [-0.05, 0) is 19.1 Å². The van der Waals surface area contributed by atoms with Crippen LogP contribution in [-0.2, 0) is 25.3 Å². The summed E-state index contributed by atoms with van der Waals surface area (Å²) in [6, 6.07) is 4.44. The summed E-state index contributed by atoms with van der Waals surface area (Å²) >= 11 is 0. The van der Waals surface area contributed by atoms with Crippen molar-refractivity contribution < 1.29 is 32.3 Å². The van der Waals surface area contributed by atoms with Gasteiger partial charge in [-0.2, -0.15) is 18.3 Å². The number of hydrogen-bond donors (Lipinski definition) is 2. The maximum absolute atomic E-state index is 12.9. The Labute approximate surface area is 140 Å². The molecular formula is C15H14F3N3O4. The van der Waals surface area contributed by atoms with Crippen LogP contribution in [0.5, 0.6) is 0 Å². The maximum atomic E-state index is 12.9. The molecule has 0 saturated carbocycles. The third-order valence-electron chi connectivity index (χ3n) is 3.28. The number of ether oxygens (including phenoxy) is 1. The minimum Gasteiger partial charge on any atom is -0.448 e. The molecule has 0 bridgehead atoms. The second-order valence-corrected chi connectivity index (χ2v) is 5.17. The summed E-state index contributed by atoms with van der Waals surface area (Å²) in [6.07, 6.45) is -5.89. The molecule has 0 aliphatic carbocycles. The highest BCUT2D eigenvalue weighted by Gasteiger charge is 2.34. The molecule has 0 saturated heterocycles. The van der Waals surface area contributed by atoms with Crippen molar-refractivity contribution in [2.75, 3.05) is 5.32 Å². The van der Waals surface area contributed by atoms with Crippen molar-refractivity contribution in [1.29, 1.82) is 0 Å². The lowest BCUT2D eigenvalue weighted by molar-refractivity contribution is -0.146. The van der Waals surface area contributed by atoms with E-state index in [1.165, 1.54) is 19.1 Å². The van der Waals surface area contributed by atoms with Crippen LogP contribution in [0, 0.1) is 0 Å². The number of hydrogen-bond acceptors (Lipinski definition) is 5. The molecule has 1 heterocycles. The number of nitrogens with one attached hydrogen (secondary N) is 2. The molecule has 25 heavy (non-hydrogen) atoms. The number of esters is 1. The van der Waals surface area contributed by atoms with Crippen LogP contribution in [0.2, 0.25) is 0 Å². The van der Waals surface area contributed by atoms with Crippen LogP contribution in [0.25, 0.3) is 0 Å². The average Bonchev–Trinajstić information content (AvgIpc) is 2.54. The summed E-state index contributed by atoms with van der Waals surface area (Å²) < 4.78 is 43.6. The van der Waals surface area contributed by atoms with Gasteiger partial charge in [0.1, 0.15) is 5.71 Å². The van der Waals surface area contributed by atoms with Crippen LogP contribution in [0.4, 0.5) is 18.9 Å². The van der Waals surface area contributed by atoms with Gasteiger partial charge < -0.3 is 10.1 Å². The van der Waals surface area contributed by atoms with Crippen LogP contribution in [0.3, 0.4) is 0 Å². The highest BCUT2D eigenvalue weighted by atomic mass is 19.4. The monoisotopic (exact) mass is 357 g/mol. The molecule has 0 radical (unpaired) electrons. The first kappa shape index (κ1) is 18.4. The minimum atomic E-state index is -4.64. The first-order chi connectivity index (χ1) is 11.7. The molecule has 2 rings (SSSR count). The molecule has 1 aliphatic heterocycles. The Morgan fingerprint density at radius 3 is 2.56 bits per heavy atom. The van der Waals surface area contributed by atoms with Crippen molar-refractivity contribution in [3.8, 4) is 0 Å². The largest absolute Gasteiger partial charge is 0.448 e. The number of alkyl halides is 3. The molecule has 2 amide bonds. The third-order valence-corrected chi connectivity index (χ3v) is 3.28. The Hall–Kier alpha value is -2.91. The molecule has 134 valence electrons. The quantitative estimate of drug-likeness (QED) is 0.804.